The number of amides is 1. The first kappa shape index (κ1) is 15.4. The lowest BCUT2D eigenvalue weighted by molar-refractivity contribution is -0.122. The van der Waals surface area contributed by atoms with Crippen molar-refractivity contribution in [3.63, 3.8) is 0 Å². The third-order valence-electron chi connectivity index (χ3n) is 3.25. The Hall–Kier alpha value is -0.620. The van der Waals surface area contributed by atoms with Crippen molar-refractivity contribution in [3.8, 4) is 0 Å². The summed E-state index contributed by atoms with van der Waals surface area (Å²) in [5.41, 5.74) is 0. The van der Waals surface area contributed by atoms with E-state index in [1.807, 2.05) is 18.7 Å². The molecule has 1 N–H and O–H groups in total. The quantitative estimate of drug-likeness (QED) is 0.697. The zero-order chi connectivity index (χ0) is 13.8. The number of likely N-dealkylation sites (N-methyl/N-ethyl adjacent to an activating group) is 1. The monoisotopic (exact) mass is 276 g/mol. The van der Waals surface area contributed by atoms with Crippen LogP contribution in [0.2, 0.25) is 0 Å². The van der Waals surface area contributed by atoms with Gasteiger partial charge in [-0.15, -0.1) is 0 Å². The van der Waals surface area contributed by atoms with Gasteiger partial charge >= 0.3 is 0 Å². The molecule has 0 radical (unpaired) electrons. The molecule has 1 aliphatic carbocycles. The third kappa shape index (κ3) is 5.35. The molecule has 0 aliphatic heterocycles. The normalized spacial score (nSPS) is 17.8. The second kappa shape index (κ2) is 6.52. The molecule has 1 amide bonds. The molecule has 0 saturated heterocycles. The zero-order valence-electron chi connectivity index (χ0n) is 11.5. The van der Waals surface area contributed by atoms with Gasteiger partial charge < -0.3 is 5.32 Å². The Morgan fingerprint density at radius 1 is 1.39 bits per heavy atom. The van der Waals surface area contributed by atoms with Gasteiger partial charge in [-0.2, -0.15) is 0 Å². The fraction of sp³-hybridized carbons (Fsp3) is 0.917. The summed E-state index contributed by atoms with van der Waals surface area (Å²) in [6, 6.07) is 0.232. The van der Waals surface area contributed by atoms with Crippen LogP contribution >= 0.6 is 0 Å². The van der Waals surface area contributed by atoms with E-state index in [-0.39, 0.29) is 30.0 Å². The van der Waals surface area contributed by atoms with E-state index in [2.05, 4.69) is 5.32 Å². The molecule has 1 rings (SSSR count). The second-order valence-corrected chi connectivity index (χ2v) is 7.35. The average Bonchev–Trinajstić information content (AvgIpc) is 3.09. The lowest BCUT2D eigenvalue weighted by Crippen LogP contribution is -2.45. The summed E-state index contributed by atoms with van der Waals surface area (Å²) in [6.45, 7) is 6.42. The van der Waals surface area contributed by atoms with E-state index in [0.717, 1.165) is 12.8 Å². The van der Waals surface area contributed by atoms with Crippen LogP contribution in [0.15, 0.2) is 0 Å². The Morgan fingerprint density at radius 3 is 2.44 bits per heavy atom. The molecule has 1 unspecified atom stereocenters. The Morgan fingerprint density at radius 2 is 2.00 bits per heavy atom. The van der Waals surface area contributed by atoms with Crippen molar-refractivity contribution in [1.82, 2.24) is 10.2 Å². The fourth-order valence-electron chi connectivity index (χ4n) is 1.86. The third-order valence-corrected chi connectivity index (χ3v) is 5.12. The molecule has 0 aromatic rings. The van der Waals surface area contributed by atoms with Crippen molar-refractivity contribution in [1.29, 1.82) is 0 Å². The van der Waals surface area contributed by atoms with Crippen molar-refractivity contribution in [2.75, 3.05) is 24.6 Å². The van der Waals surface area contributed by atoms with Gasteiger partial charge in [-0.3, -0.25) is 9.69 Å². The van der Waals surface area contributed by atoms with E-state index in [0.29, 0.717) is 12.6 Å². The highest BCUT2D eigenvalue weighted by molar-refractivity contribution is 7.91. The summed E-state index contributed by atoms with van der Waals surface area (Å²) in [5.74, 6) is 0.275. The largest absolute Gasteiger partial charge is 0.352 e. The number of rotatable bonds is 8. The molecule has 5 nitrogen and oxygen atoms in total. The molecule has 0 aromatic carbocycles. The average molecular weight is 276 g/mol. The standard InChI is InChI=1S/C12H24N2O3S/c1-4-14(8-12(15)13-11-6-7-11)10(3)9-18(16,17)5-2/h10-11H,4-9H2,1-3H3,(H,13,15). The minimum Gasteiger partial charge on any atom is -0.352 e. The maximum atomic E-state index is 11.7. The predicted octanol–water partition coefficient (Wildman–Crippen LogP) is 0.410. The Balaban J connectivity index is 2.45. The lowest BCUT2D eigenvalue weighted by atomic mass is 10.3. The zero-order valence-corrected chi connectivity index (χ0v) is 12.3. The van der Waals surface area contributed by atoms with Crippen molar-refractivity contribution in [3.05, 3.63) is 0 Å². The van der Waals surface area contributed by atoms with Crippen molar-refractivity contribution in [2.45, 2.75) is 45.7 Å². The summed E-state index contributed by atoms with van der Waals surface area (Å²) >= 11 is 0. The summed E-state index contributed by atoms with van der Waals surface area (Å²) < 4.78 is 23.2. The highest BCUT2D eigenvalue weighted by Crippen LogP contribution is 2.18. The van der Waals surface area contributed by atoms with Gasteiger partial charge in [0.2, 0.25) is 5.91 Å². The van der Waals surface area contributed by atoms with E-state index in [9.17, 15) is 13.2 Å². The molecule has 1 atom stereocenters. The molecule has 0 bridgehead atoms. The smallest absolute Gasteiger partial charge is 0.234 e. The van der Waals surface area contributed by atoms with Gasteiger partial charge in [0, 0.05) is 17.8 Å². The minimum atomic E-state index is -2.99. The number of carbonyl (C=O) groups is 1. The fourth-order valence-corrected chi connectivity index (χ4v) is 3.04. The van der Waals surface area contributed by atoms with Crippen LogP contribution in [0.5, 0.6) is 0 Å². The van der Waals surface area contributed by atoms with Crippen LogP contribution < -0.4 is 5.32 Å². The SMILES string of the molecule is CCN(CC(=O)NC1CC1)C(C)CS(=O)(=O)CC. The molecule has 106 valence electrons. The Kier molecular flexibility index (Phi) is 5.59. The van der Waals surface area contributed by atoms with Crippen LogP contribution in [0.3, 0.4) is 0 Å². The summed E-state index contributed by atoms with van der Waals surface area (Å²) in [6.07, 6.45) is 2.13. The predicted molar refractivity (Wildman–Crippen MR) is 72.2 cm³/mol. The van der Waals surface area contributed by atoms with Crippen LogP contribution in [-0.2, 0) is 14.6 Å². The van der Waals surface area contributed by atoms with Gasteiger partial charge in [-0.05, 0) is 26.3 Å². The summed E-state index contributed by atoms with van der Waals surface area (Å²) in [5, 5.41) is 2.92. The molecular weight excluding hydrogens is 252 g/mol. The summed E-state index contributed by atoms with van der Waals surface area (Å²) in [7, 11) is -2.99. The van der Waals surface area contributed by atoms with Crippen molar-refractivity contribution >= 4 is 15.7 Å². The second-order valence-electron chi connectivity index (χ2n) is 4.95. The van der Waals surface area contributed by atoms with Gasteiger partial charge in [0.05, 0.1) is 12.3 Å². The molecule has 6 heteroatoms. The molecule has 0 aromatic heterocycles. The molecular formula is C12H24N2O3S. The van der Waals surface area contributed by atoms with Crippen LogP contribution in [0.4, 0.5) is 0 Å². The highest BCUT2D eigenvalue weighted by Gasteiger charge is 2.25. The van der Waals surface area contributed by atoms with E-state index in [4.69, 9.17) is 0 Å². The number of sulfone groups is 1. The Bertz CT molecular complexity index is 377. The van der Waals surface area contributed by atoms with Gasteiger partial charge in [-0.1, -0.05) is 13.8 Å². The van der Waals surface area contributed by atoms with Crippen LogP contribution in [0.25, 0.3) is 0 Å². The topological polar surface area (TPSA) is 66.5 Å². The maximum absolute atomic E-state index is 11.7. The van der Waals surface area contributed by atoms with Gasteiger partial charge in [0.1, 0.15) is 0 Å². The van der Waals surface area contributed by atoms with Crippen LogP contribution in [0, 0.1) is 0 Å². The summed E-state index contributed by atoms with van der Waals surface area (Å²) in [4.78, 5) is 13.6. The molecule has 1 fully saturated rings. The highest BCUT2D eigenvalue weighted by atomic mass is 32.2. The number of hydrogen-bond acceptors (Lipinski definition) is 4. The van der Waals surface area contributed by atoms with E-state index in [1.165, 1.54) is 0 Å². The number of nitrogens with zero attached hydrogens (tertiary/aromatic N) is 1. The Labute approximate surface area is 110 Å². The first-order valence-corrected chi connectivity index (χ1v) is 8.44. The molecule has 1 saturated carbocycles. The van der Waals surface area contributed by atoms with E-state index >= 15 is 0 Å². The number of hydrogen-bond donors (Lipinski definition) is 1. The van der Waals surface area contributed by atoms with E-state index < -0.39 is 9.84 Å². The lowest BCUT2D eigenvalue weighted by Gasteiger charge is -2.26. The number of nitrogens with one attached hydrogen (secondary N) is 1. The first-order valence-electron chi connectivity index (χ1n) is 6.61. The van der Waals surface area contributed by atoms with Crippen LogP contribution in [0.1, 0.15) is 33.6 Å². The number of carbonyl (C=O) groups excluding carboxylic acids is 1. The molecule has 18 heavy (non-hydrogen) atoms. The van der Waals surface area contributed by atoms with Crippen LogP contribution in [-0.4, -0.2) is 55.9 Å². The van der Waals surface area contributed by atoms with Gasteiger partial charge in [0.15, 0.2) is 9.84 Å². The molecule has 1 aliphatic rings. The van der Waals surface area contributed by atoms with Gasteiger partial charge in [-0.25, -0.2) is 8.42 Å². The maximum Gasteiger partial charge on any atom is 0.234 e. The first-order chi connectivity index (χ1) is 8.38. The van der Waals surface area contributed by atoms with Crippen molar-refractivity contribution < 1.29 is 13.2 Å². The van der Waals surface area contributed by atoms with Crippen molar-refractivity contribution in [2.24, 2.45) is 0 Å². The molecule has 0 spiro atoms. The molecule has 0 heterocycles. The van der Waals surface area contributed by atoms with E-state index in [1.54, 1.807) is 6.92 Å². The van der Waals surface area contributed by atoms with Gasteiger partial charge in [0.25, 0.3) is 0 Å². The minimum absolute atomic E-state index is 0.0000893.